The third-order valence-corrected chi connectivity index (χ3v) is 2.99. The molecule has 1 aromatic carbocycles. The summed E-state index contributed by atoms with van der Waals surface area (Å²) in [4.78, 5) is 0. The topological polar surface area (TPSA) is 26.0 Å². The van der Waals surface area contributed by atoms with Gasteiger partial charge in [0.05, 0.1) is 13.7 Å². The summed E-state index contributed by atoms with van der Waals surface area (Å²) in [6.45, 7) is 0. The SMILES string of the molecule is Nc1c(F)c(Br)c(F)c(F)c1I. The van der Waals surface area contributed by atoms with Crippen LogP contribution in [0.3, 0.4) is 0 Å². The third-order valence-electron chi connectivity index (χ3n) is 1.24. The van der Waals surface area contributed by atoms with Crippen LogP contribution in [0.1, 0.15) is 0 Å². The van der Waals surface area contributed by atoms with Gasteiger partial charge >= 0.3 is 0 Å². The Hall–Kier alpha value is 0.0200. The molecule has 2 N–H and O–H groups in total. The molecule has 0 spiro atoms. The fourth-order valence-corrected chi connectivity index (χ4v) is 1.48. The lowest BCUT2D eigenvalue weighted by atomic mass is 10.3. The van der Waals surface area contributed by atoms with Gasteiger partial charge in [-0.05, 0) is 38.5 Å². The van der Waals surface area contributed by atoms with E-state index in [1.165, 1.54) is 22.6 Å². The van der Waals surface area contributed by atoms with Crippen LogP contribution in [0.5, 0.6) is 0 Å². The van der Waals surface area contributed by atoms with E-state index >= 15 is 0 Å². The van der Waals surface area contributed by atoms with Crippen molar-refractivity contribution in [2.24, 2.45) is 0 Å². The van der Waals surface area contributed by atoms with Crippen molar-refractivity contribution in [1.82, 2.24) is 0 Å². The lowest BCUT2D eigenvalue weighted by Crippen LogP contribution is -2.02. The van der Waals surface area contributed by atoms with Gasteiger partial charge in [-0.3, -0.25) is 0 Å². The van der Waals surface area contributed by atoms with Crippen LogP contribution in [-0.4, -0.2) is 0 Å². The first-order chi connectivity index (χ1) is 5.46. The molecule has 0 fully saturated rings. The average molecular weight is 352 g/mol. The zero-order valence-corrected chi connectivity index (χ0v) is 9.21. The molecule has 0 saturated carbocycles. The minimum absolute atomic E-state index is 0.245. The second-order valence-corrected chi connectivity index (χ2v) is 3.86. The number of halogens is 5. The molecular formula is C6H2BrF3IN. The van der Waals surface area contributed by atoms with Crippen molar-refractivity contribution in [2.45, 2.75) is 0 Å². The van der Waals surface area contributed by atoms with E-state index in [1.54, 1.807) is 0 Å². The molecule has 0 saturated heterocycles. The Morgan fingerprint density at radius 1 is 1.08 bits per heavy atom. The monoisotopic (exact) mass is 351 g/mol. The Morgan fingerprint density at radius 2 is 1.58 bits per heavy atom. The van der Waals surface area contributed by atoms with E-state index in [0.29, 0.717) is 0 Å². The van der Waals surface area contributed by atoms with E-state index in [1.807, 2.05) is 0 Å². The summed E-state index contributed by atoms with van der Waals surface area (Å²) < 4.78 is 37.5. The van der Waals surface area contributed by atoms with E-state index < -0.39 is 21.9 Å². The molecule has 0 unspecified atom stereocenters. The molecule has 0 aliphatic carbocycles. The maximum atomic E-state index is 12.8. The quantitative estimate of drug-likeness (QED) is 0.330. The summed E-state index contributed by atoms with van der Waals surface area (Å²) >= 11 is 3.98. The molecule has 0 heterocycles. The molecule has 0 aliphatic heterocycles. The zero-order chi connectivity index (χ0) is 9.46. The average Bonchev–Trinajstić information content (AvgIpc) is 2.08. The van der Waals surface area contributed by atoms with Gasteiger partial charge in [-0.2, -0.15) is 0 Å². The summed E-state index contributed by atoms with van der Waals surface area (Å²) in [5.74, 6) is -3.37. The number of rotatable bonds is 0. The maximum Gasteiger partial charge on any atom is 0.177 e. The normalized spacial score (nSPS) is 10.4. The number of nitrogen functional groups attached to an aromatic ring is 1. The smallest absolute Gasteiger partial charge is 0.177 e. The third kappa shape index (κ3) is 1.41. The predicted molar refractivity (Wildman–Crippen MR) is 51.1 cm³/mol. The van der Waals surface area contributed by atoms with Crippen molar-refractivity contribution >= 4 is 44.2 Å². The summed E-state index contributed by atoms with van der Waals surface area (Å²) in [5, 5.41) is 0. The number of anilines is 1. The fraction of sp³-hybridized carbons (Fsp3) is 0. The van der Waals surface area contributed by atoms with Crippen LogP contribution in [-0.2, 0) is 0 Å². The molecule has 0 aromatic heterocycles. The van der Waals surface area contributed by atoms with Crippen LogP contribution < -0.4 is 5.73 Å². The number of nitrogens with two attached hydrogens (primary N) is 1. The van der Waals surface area contributed by atoms with Crippen molar-refractivity contribution in [2.75, 3.05) is 5.73 Å². The fourth-order valence-electron chi connectivity index (χ4n) is 0.622. The molecule has 6 heteroatoms. The van der Waals surface area contributed by atoms with Crippen molar-refractivity contribution in [3.63, 3.8) is 0 Å². The first kappa shape index (κ1) is 10.1. The first-order valence-corrected chi connectivity index (χ1v) is 4.61. The predicted octanol–water partition coefficient (Wildman–Crippen LogP) is 3.05. The standard InChI is InChI=1S/C6H2BrF3IN/c7-1-2(8)4(10)5(11)6(12)3(1)9/h12H2. The zero-order valence-electron chi connectivity index (χ0n) is 5.47. The first-order valence-electron chi connectivity index (χ1n) is 2.73. The molecule has 1 aromatic rings. The van der Waals surface area contributed by atoms with E-state index in [2.05, 4.69) is 15.9 Å². The highest BCUT2D eigenvalue weighted by atomic mass is 127. The summed E-state index contributed by atoms with van der Waals surface area (Å²) in [6.07, 6.45) is 0. The van der Waals surface area contributed by atoms with Gasteiger partial charge in [-0.25, -0.2) is 13.2 Å². The second-order valence-electron chi connectivity index (χ2n) is 1.98. The molecule has 1 nitrogen and oxygen atoms in total. The van der Waals surface area contributed by atoms with E-state index in [-0.39, 0.29) is 9.26 Å². The Labute approximate surface area is 88.4 Å². The largest absolute Gasteiger partial charge is 0.395 e. The van der Waals surface area contributed by atoms with Gasteiger partial charge in [0.2, 0.25) is 0 Å². The summed E-state index contributed by atoms with van der Waals surface area (Å²) in [6, 6.07) is 0. The van der Waals surface area contributed by atoms with Gasteiger partial charge in [-0.15, -0.1) is 0 Å². The van der Waals surface area contributed by atoms with Gasteiger partial charge in [0.15, 0.2) is 17.5 Å². The highest BCUT2D eigenvalue weighted by Gasteiger charge is 2.19. The highest BCUT2D eigenvalue weighted by molar-refractivity contribution is 14.1. The van der Waals surface area contributed by atoms with Crippen LogP contribution in [0.4, 0.5) is 18.9 Å². The van der Waals surface area contributed by atoms with Crippen molar-refractivity contribution in [3.05, 3.63) is 25.5 Å². The molecule has 0 aliphatic rings. The van der Waals surface area contributed by atoms with Crippen LogP contribution in [0.25, 0.3) is 0 Å². The van der Waals surface area contributed by atoms with E-state index in [0.717, 1.165) is 0 Å². The Bertz CT molecular complexity index is 237. The van der Waals surface area contributed by atoms with Gasteiger partial charge in [0.1, 0.15) is 0 Å². The van der Waals surface area contributed by atoms with E-state index in [4.69, 9.17) is 5.73 Å². The summed E-state index contributed by atoms with van der Waals surface area (Å²) in [5.41, 5.74) is 4.75. The second kappa shape index (κ2) is 3.41. The van der Waals surface area contributed by atoms with E-state index in [9.17, 15) is 13.2 Å². The number of benzene rings is 1. The minimum Gasteiger partial charge on any atom is -0.395 e. The van der Waals surface area contributed by atoms with Crippen LogP contribution in [0.2, 0.25) is 0 Å². The summed E-state index contributed by atoms with van der Waals surface area (Å²) in [7, 11) is 0. The highest BCUT2D eigenvalue weighted by Crippen LogP contribution is 2.31. The van der Waals surface area contributed by atoms with Crippen molar-refractivity contribution < 1.29 is 13.2 Å². The molecule has 0 amide bonds. The number of hydrogen-bond acceptors (Lipinski definition) is 1. The van der Waals surface area contributed by atoms with Crippen LogP contribution >= 0.6 is 38.5 Å². The van der Waals surface area contributed by atoms with Crippen LogP contribution in [0.15, 0.2) is 4.47 Å². The van der Waals surface area contributed by atoms with Gasteiger partial charge in [0, 0.05) is 0 Å². The molecule has 66 valence electrons. The Morgan fingerprint density at radius 3 is 2.08 bits per heavy atom. The van der Waals surface area contributed by atoms with Crippen molar-refractivity contribution in [3.8, 4) is 0 Å². The lowest BCUT2D eigenvalue weighted by Gasteiger charge is -2.04. The lowest BCUT2D eigenvalue weighted by molar-refractivity contribution is 0.484. The Kier molecular flexibility index (Phi) is 2.87. The van der Waals surface area contributed by atoms with Crippen LogP contribution in [0, 0.1) is 21.0 Å². The molecule has 0 radical (unpaired) electrons. The molecule has 1 rings (SSSR count). The number of hydrogen-bond donors (Lipinski definition) is 1. The van der Waals surface area contributed by atoms with Gasteiger partial charge in [0.25, 0.3) is 0 Å². The van der Waals surface area contributed by atoms with Gasteiger partial charge in [-0.1, -0.05) is 0 Å². The van der Waals surface area contributed by atoms with Crippen molar-refractivity contribution in [1.29, 1.82) is 0 Å². The molecule has 0 atom stereocenters. The molecule has 0 bridgehead atoms. The molecule has 12 heavy (non-hydrogen) atoms. The minimum atomic E-state index is -1.26. The van der Waals surface area contributed by atoms with Gasteiger partial charge < -0.3 is 5.73 Å². The maximum absolute atomic E-state index is 12.8. The Balaban J connectivity index is 3.60. The molecular weight excluding hydrogens is 350 g/mol.